The summed E-state index contributed by atoms with van der Waals surface area (Å²) in [5.41, 5.74) is 0.716. The number of hydrogen-bond donors (Lipinski definition) is 2. The number of hydrogen-bond acceptors (Lipinski definition) is 3. The fraction of sp³-hybridized carbons (Fsp3) is 0.0714. The summed E-state index contributed by atoms with van der Waals surface area (Å²) in [4.78, 5) is 12.2. The van der Waals surface area contributed by atoms with E-state index >= 15 is 0 Å². The van der Waals surface area contributed by atoms with Gasteiger partial charge >= 0.3 is 0 Å². The number of phenols is 1. The zero-order chi connectivity index (χ0) is 14.7. The van der Waals surface area contributed by atoms with Gasteiger partial charge in [-0.05, 0) is 30.3 Å². The van der Waals surface area contributed by atoms with Crippen molar-refractivity contribution in [1.29, 1.82) is 0 Å². The molecule has 4 nitrogen and oxygen atoms in total. The minimum Gasteiger partial charge on any atom is -0.506 e. The van der Waals surface area contributed by atoms with Crippen LogP contribution in [0.15, 0.2) is 36.4 Å². The highest BCUT2D eigenvalue weighted by Gasteiger charge is 2.13. The number of carbonyl (C=O) groups is 1. The molecule has 1 amide bonds. The SMILES string of the molecule is COc1ccc(Cl)cc1C(=O)Nc1ccc(Cl)c(O)c1. The largest absolute Gasteiger partial charge is 0.506 e. The number of aromatic hydroxyl groups is 1. The molecule has 0 aliphatic carbocycles. The molecule has 2 aromatic carbocycles. The van der Waals surface area contributed by atoms with Crippen molar-refractivity contribution in [1.82, 2.24) is 0 Å². The van der Waals surface area contributed by atoms with Crippen molar-refractivity contribution >= 4 is 34.8 Å². The lowest BCUT2D eigenvalue weighted by Crippen LogP contribution is -2.13. The molecule has 0 saturated carbocycles. The fourth-order valence-electron chi connectivity index (χ4n) is 1.65. The van der Waals surface area contributed by atoms with Crippen LogP contribution in [0.3, 0.4) is 0 Å². The zero-order valence-corrected chi connectivity index (χ0v) is 12.0. The Labute approximate surface area is 125 Å². The lowest BCUT2D eigenvalue weighted by Gasteiger charge is -2.10. The highest BCUT2D eigenvalue weighted by Crippen LogP contribution is 2.28. The fourth-order valence-corrected chi connectivity index (χ4v) is 1.94. The van der Waals surface area contributed by atoms with Crippen LogP contribution in [0.25, 0.3) is 0 Å². The van der Waals surface area contributed by atoms with E-state index in [1.807, 2.05) is 0 Å². The first kappa shape index (κ1) is 14.5. The lowest BCUT2D eigenvalue weighted by atomic mass is 10.2. The van der Waals surface area contributed by atoms with Gasteiger partial charge in [-0.2, -0.15) is 0 Å². The van der Waals surface area contributed by atoms with Gasteiger partial charge in [0.05, 0.1) is 17.7 Å². The highest BCUT2D eigenvalue weighted by atomic mass is 35.5. The molecular weight excluding hydrogens is 301 g/mol. The van der Waals surface area contributed by atoms with Crippen molar-refractivity contribution in [3.05, 3.63) is 52.0 Å². The Morgan fingerprint density at radius 1 is 1.20 bits per heavy atom. The van der Waals surface area contributed by atoms with Gasteiger partial charge in [-0.3, -0.25) is 4.79 Å². The predicted molar refractivity (Wildman–Crippen MR) is 79.1 cm³/mol. The third-order valence-electron chi connectivity index (χ3n) is 2.61. The van der Waals surface area contributed by atoms with Gasteiger partial charge in [0.15, 0.2) is 0 Å². The standard InChI is InChI=1S/C14H11Cl2NO3/c1-20-13-5-2-8(15)6-10(13)14(19)17-9-3-4-11(16)12(18)7-9/h2-7,18H,1H3,(H,17,19). The molecule has 0 saturated heterocycles. The van der Waals surface area contributed by atoms with E-state index in [4.69, 9.17) is 27.9 Å². The second-order valence-electron chi connectivity index (χ2n) is 3.96. The summed E-state index contributed by atoms with van der Waals surface area (Å²) in [6.07, 6.45) is 0. The number of amides is 1. The summed E-state index contributed by atoms with van der Waals surface area (Å²) in [5.74, 6) is -0.0984. The van der Waals surface area contributed by atoms with Gasteiger partial charge in [0.2, 0.25) is 0 Å². The topological polar surface area (TPSA) is 58.6 Å². The summed E-state index contributed by atoms with van der Waals surface area (Å²) < 4.78 is 5.11. The molecule has 0 aromatic heterocycles. The summed E-state index contributed by atoms with van der Waals surface area (Å²) in [5, 5.41) is 12.8. The van der Waals surface area contributed by atoms with Crippen LogP contribution in [0, 0.1) is 0 Å². The Kier molecular flexibility index (Phi) is 4.37. The average Bonchev–Trinajstić information content (AvgIpc) is 2.43. The smallest absolute Gasteiger partial charge is 0.259 e. The number of methoxy groups -OCH3 is 1. The molecule has 0 atom stereocenters. The van der Waals surface area contributed by atoms with Gasteiger partial charge in [-0.15, -0.1) is 0 Å². The van der Waals surface area contributed by atoms with Crippen molar-refractivity contribution in [3.8, 4) is 11.5 Å². The number of ether oxygens (including phenoxy) is 1. The Morgan fingerprint density at radius 3 is 2.60 bits per heavy atom. The molecular formula is C14H11Cl2NO3. The van der Waals surface area contributed by atoms with Gasteiger partial charge in [-0.1, -0.05) is 23.2 Å². The number of halogens is 2. The maximum Gasteiger partial charge on any atom is 0.259 e. The van der Waals surface area contributed by atoms with E-state index in [0.29, 0.717) is 22.0 Å². The van der Waals surface area contributed by atoms with Gasteiger partial charge in [0, 0.05) is 16.8 Å². The molecule has 0 fully saturated rings. The van der Waals surface area contributed by atoms with E-state index in [9.17, 15) is 9.90 Å². The first-order chi connectivity index (χ1) is 9.51. The number of phenolic OH excluding ortho intramolecular Hbond substituents is 1. The second kappa shape index (κ2) is 6.03. The monoisotopic (exact) mass is 311 g/mol. The third-order valence-corrected chi connectivity index (χ3v) is 3.16. The van der Waals surface area contributed by atoms with Crippen LogP contribution in [-0.2, 0) is 0 Å². The first-order valence-electron chi connectivity index (χ1n) is 5.64. The second-order valence-corrected chi connectivity index (χ2v) is 4.81. The van der Waals surface area contributed by atoms with Crippen molar-refractivity contribution < 1.29 is 14.6 Å². The van der Waals surface area contributed by atoms with Crippen molar-refractivity contribution in [2.45, 2.75) is 0 Å². The number of anilines is 1. The average molecular weight is 312 g/mol. The summed E-state index contributed by atoms with van der Waals surface area (Å²) in [6, 6.07) is 9.17. The Balaban J connectivity index is 2.27. The highest BCUT2D eigenvalue weighted by molar-refractivity contribution is 6.32. The van der Waals surface area contributed by atoms with Crippen molar-refractivity contribution in [2.75, 3.05) is 12.4 Å². The van der Waals surface area contributed by atoms with Crippen LogP contribution in [0.5, 0.6) is 11.5 Å². The van der Waals surface area contributed by atoms with E-state index in [2.05, 4.69) is 5.32 Å². The lowest BCUT2D eigenvalue weighted by molar-refractivity contribution is 0.102. The van der Waals surface area contributed by atoms with E-state index in [-0.39, 0.29) is 10.8 Å². The summed E-state index contributed by atoms with van der Waals surface area (Å²) >= 11 is 11.6. The van der Waals surface area contributed by atoms with Crippen LogP contribution >= 0.6 is 23.2 Å². The van der Waals surface area contributed by atoms with Gasteiger partial charge < -0.3 is 15.2 Å². The minimum absolute atomic E-state index is 0.109. The maximum absolute atomic E-state index is 12.2. The molecule has 6 heteroatoms. The molecule has 104 valence electrons. The van der Waals surface area contributed by atoms with Crippen LogP contribution in [-0.4, -0.2) is 18.1 Å². The normalized spacial score (nSPS) is 10.2. The van der Waals surface area contributed by atoms with Gasteiger partial charge in [0.1, 0.15) is 11.5 Å². The van der Waals surface area contributed by atoms with E-state index in [1.54, 1.807) is 18.2 Å². The molecule has 0 unspecified atom stereocenters. The Bertz CT molecular complexity index is 659. The van der Waals surface area contributed by atoms with Crippen LogP contribution < -0.4 is 10.1 Å². The van der Waals surface area contributed by atoms with Crippen LogP contribution in [0.4, 0.5) is 5.69 Å². The minimum atomic E-state index is -0.397. The number of rotatable bonds is 3. The predicted octanol–water partition coefficient (Wildman–Crippen LogP) is 3.96. The summed E-state index contributed by atoms with van der Waals surface area (Å²) in [7, 11) is 1.47. The quantitative estimate of drug-likeness (QED) is 0.902. The third kappa shape index (κ3) is 3.15. The van der Waals surface area contributed by atoms with Crippen LogP contribution in [0.1, 0.15) is 10.4 Å². The molecule has 0 heterocycles. The van der Waals surface area contributed by atoms with Gasteiger partial charge in [0.25, 0.3) is 5.91 Å². The van der Waals surface area contributed by atoms with Crippen molar-refractivity contribution in [2.24, 2.45) is 0 Å². The molecule has 0 aliphatic heterocycles. The Morgan fingerprint density at radius 2 is 1.95 bits per heavy atom. The van der Waals surface area contributed by atoms with Crippen molar-refractivity contribution in [3.63, 3.8) is 0 Å². The first-order valence-corrected chi connectivity index (χ1v) is 6.40. The molecule has 0 spiro atoms. The number of benzene rings is 2. The maximum atomic E-state index is 12.2. The van der Waals surface area contributed by atoms with E-state index < -0.39 is 5.91 Å². The number of carbonyl (C=O) groups excluding carboxylic acids is 1. The molecule has 2 aromatic rings. The molecule has 0 bridgehead atoms. The van der Waals surface area contributed by atoms with Gasteiger partial charge in [-0.25, -0.2) is 0 Å². The Hall–Kier alpha value is -1.91. The van der Waals surface area contributed by atoms with Crippen LogP contribution in [0.2, 0.25) is 10.0 Å². The van der Waals surface area contributed by atoms with E-state index in [0.717, 1.165) is 0 Å². The summed E-state index contributed by atoms with van der Waals surface area (Å²) in [6.45, 7) is 0. The molecule has 2 rings (SSSR count). The molecule has 0 aliphatic rings. The molecule has 20 heavy (non-hydrogen) atoms. The van der Waals surface area contributed by atoms with E-state index in [1.165, 1.54) is 25.3 Å². The molecule has 2 N–H and O–H groups in total. The number of nitrogens with one attached hydrogen (secondary N) is 1. The molecule has 0 radical (unpaired) electrons. The zero-order valence-electron chi connectivity index (χ0n) is 10.5.